The van der Waals surface area contributed by atoms with Crippen molar-refractivity contribution in [2.24, 2.45) is 0 Å². The van der Waals surface area contributed by atoms with Crippen LogP contribution in [0.5, 0.6) is 5.75 Å². The number of anilines is 1. The molecular weight excluding hydrogens is 314 g/mol. The van der Waals surface area contributed by atoms with E-state index >= 15 is 0 Å². The fraction of sp³-hybridized carbons (Fsp3) is 0.650. The van der Waals surface area contributed by atoms with Crippen LogP contribution in [0.15, 0.2) is 12.1 Å². The molecule has 2 rings (SSSR count). The number of hydrogen-bond acceptors (Lipinski definition) is 4. The number of rotatable bonds is 6. The summed E-state index contributed by atoms with van der Waals surface area (Å²) >= 11 is 0. The minimum atomic E-state index is 0.106. The van der Waals surface area contributed by atoms with Gasteiger partial charge in [0.05, 0.1) is 11.8 Å². The van der Waals surface area contributed by atoms with Gasteiger partial charge in [-0.3, -0.25) is 4.79 Å². The number of benzene rings is 1. The first-order valence-electron chi connectivity index (χ1n) is 9.27. The minimum absolute atomic E-state index is 0.106. The molecule has 0 saturated carbocycles. The highest BCUT2D eigenvalue weighted by Crippen LogP contribution is 2.35. The molecule has 2 N–H and O–H groups in total. The molecule has 5 heteroatoms. The number of carbonyl (C=O) groups excluding carboxylic acids is 1. The van der Waals surface area contributed by atoms with Crippen LogP contribution in [0, 0.1) is 6.92 Å². The van der Waals surface area contributed by atoms with Crippen molar-refractivity contribution in [3.05, 3.63) is 23.3 Å². The Kier molecular flexibility index (Phi) is 6.71. The number of hydrogen-bond donors (Lipinski definition) is 1. The number of likely N-dealkylation sites (tertiary alicyclic amines) is 1. The molecule has 1 aromatic carbocycles. The SMILES string of the molecule is Cc1cc(N)c(OC(C)C)cc1C1CCN(C(=O)CCN(C)C)CC1. The lowest BCUT2D eigenvalue weighted by Crippen LogP contribution is -2.39. The molecule has 1 heterocycles. The van der Waals surface area contributed by atoms with Crippen LogP contribution in [0.2, 0.25) is 0 Å². The van der Waals surface area contributed by atoms with Crippen LogP contribution in [-0.2, 0) is 4.79 Å². The first-order chi connectivity index (χ1) is 11.8. The highest BCUT2D eigenvalue weighted by Gasteiger charge is 2.25. The Labute approximate surface area is 152 Å². The molecule has 1 fully saturated rings. The molecule has 25 heavy (non-hydrogen) atoms. The first-order valence-corrected chi connectivity index (χ1v) is 9.27. The minimum Gasteiger partial charge on any atom is -0.489 e. The Bertz CT molecular complexity index is 591. The molecule has 0 aromatic heterocycles. The highest BCUT2D eigenvalue weighted by molar-refractivity contribution is 5.76. The Hall–Kier alpha value is -1.75. The third-order valence-electron chi connectivity index (χ3n) is 4.82. The maximum absolute atomic E-state index is 12.3. The summed E-state index contributed by atoms with van der Waals surface area (Å²) in [5, 5.41) is 0. The summed E-state index contributed by atoms with van der Waals surface area (Å²) in [6.45, 7) is 8.61. The molecule has 0 spiro atoms. The Balaban J connectivity index is 2.01. The zero-order valence-corrected chi connectivity index (χ0v) is 16.3. The standard InChI is InChI=1S/C20H33N3O2/c1-14(2)25-19-13-17(15(3)12-18(19)21)16-6-10-23(11-7-16)20(24)8-9-22(4)5/h12-14,16H,6-11,21H2,1-5H3. The van der Waals surface area contributed by atoms with E-state index in [0.717, 1.165) is 38.2 Å². The van der Waals surface area contributed by atoms with E-state index in [1.165, 1.54) is 11.1 Å². The fourth-order valence-corrected chi connectivity index (χ4v) is 3.44. The van der Waals surface area contributed by atoms with Gasteiger partial charge in [-0.1, -0.05) is 0 Å². The topological polar surface area (TPSA) is 58.8 Å². The van der Waals surface area contributed by atoms with Gasteiger partial charge in [-0.2, -0.15) is 0 Å². The quantitative estimate of drug-likeness (QED) is 0.804. The molecule has 1 aromatic rings. The number of nitrogens with two attached hydrogens (primary N) is 1. The molecule has 0 atom stereocenters. The van der Waals surface area contributed by atoms with Gasteiger partial charge < -0.3 is 20.3 Å². The lowest BCUT2D eigenvalue weighted by molar-refractivity contribution is -0.132. The average molecular weight is 348 g/mol. The van der Waals surface area contributed by atoms with Crippen molar-refractivity contribution in [3.8, 4) is 5.75 Å². The average Bonchev–Trinajstić information content (AvgIpc) is 2.55. The van der Waals surface area contributed by atoms with Crippen LogP contribution in [0.1, 0.15) is 50.2 Å². The number of amides is 1. The molecule has 1 aliphatic heterocycles. The zero-order valence-electron chi connectivity index (χ0n) is 16.3. The van der Waals surface area contributed by atoms with Crippen molar-refractivity contribution in [1.82, 2.24) is 9.80 Å². The Morgan fingerprint density at radius 1 is 1.32 bits per heavy atom. The smallest absolute Gasteiger partial charge is 0.223 e. The van der Waals surface area contributed by atoms with Gasteiger partial charge >= 0.3 is 0 Å². The van der Waals surface area contributed by atoms with Crippen molar-refractivity contribution in [2.45, 2.75) is 52.1 Å². The van der Waals surface area contributed by atoms with Crippen LogP contribution in [0.4, 0.5) is 5.69 Å². The van der Waals surface area contributed by atoms with Gasteiger partial charge in [0.15, 0.2) is 0 Å². The summed E-state index contributed by atoms with van der Waals surface area (Å²) < 4.78 is 5.85. The van der Waals surface area contributed by atoms with E-state index in [0.29, 0.717) is 18.0 Å². The van der Waals surface area contributed by atoms with E-state index in [2.05, 4.69) is 17.9 Å². The van der Waals surface area contributed by atoms with Crippen molar-refractivity contribution in [3.63, 3.8) is 0 Å². The summed E-state index contributed by atoms with van der Waals surface area (Å²) in [7, 11) is 4.00. The number of piperidine rings is 1. The molecule has 0 radical (unpaired) electrons. The van der Waals surface area contributed by atoms with Gasteiger partial charge in [0.1, 0.15) is 5.75 Å². The molecule has 1 saturated heterocycles. The first kappa shape index (κ1) is 19.6. The maximum atomic E-state index is 12.3. The largest absolute Gasteiger partial charge is 0.489 e. The van der Waals surface area contributed by atoms with Crippen molar-refractivity contribution in [1.29, 1.82) is 0 Å². The second-order valence-corrected chi connectivity index (χ2v) is 7.62. The van der Waals surface area contributed by atoms with Crippen LogP contribution in [0.25, 0.3) is 0 Å². The normalized spacial score (nSPS) is 15.9. The van der Waals surface area contributed by atoms with E-state index in [4.69, 9.17) is 10.5 Å². The second kappa shape index (κ2) is 8.56. The zero-order chi connectivity index (χ0) is 18.6. The van der Waals surface area contributed by atoms with E-state index < -0.39 is 0 Å². The van der Waals surface area contributed by atoms with Crippen molar-refractivity contribution < 1.29 is 9.53 Å². The molecule has 1 aliphatic rings. The Morgan fingerprint density at radius 2 is 1.96 bits per heavy atom. The summed E-state index contributed by atoms with van der Waals surface area (Å²) in [6, 6.07) is 4.13. The number of ether oxygens (including phenoxy) is 1. The molecule has 0 unspecified atom stereocenters. The maximum Gasteiger partial charge on any atom is 0.223 e. The number of nitrogen functional groups attached to an aromatic ring is 1. The lowest BCUT2D eigenvalue weighted by atomic mass is 9.86. The van der Waals surface area contributed by atoms with E-state index in [1.54, 1.807) is 0 Å². The van der Waals surface area contributed by atoms with Crippen molar-refractivity contribution >= 4 is 11.6 Å². The van der Waals surface area contributed by atoms with Gasteiger partial charge in [0.2, 0.25) is 5.91 Å². The predicted molar refractivity (Wildman–Crippen MR) is 103 cm³/mol. The van der Waals surface area contributed by atoms with E-state index in [-0.39, 0.29) is 12.0 Å². The molecule has 0 aliphatic carbocycles. The van der Waals surface area contributed by atoms with Gasteiger partial charge in [0, 0.05) is 26.1 Å². The Morgan fingerprint density at radius 3 is 2.52 bits per heavy atom. The van der Waals surface area contributed by atoms with Crippen LogP contribution in [0.3, 0.4) is 0 Å². The van der Waals surface area contributed by atoms with Crippen molar-refractivity contribution in [2.75, 3.05) is 39.5 Å². The summed E-state index contributed by atoms with van der Waals surface area (Å²) in [4.78, 5) is 16.4. The summed E-state index contributed by atoms with van der Waals surface area (Å²) in [5.41, 5.74) is 9.33. The third-order valence-corrected chi connectivity index (χ3v) is 4.82. The molecule has 140 valence electrons. The van der Waals surface area contributed by atoms with E-state index in [9.17, 15) is 4.79 Å². The molecule has 1 amide bonds. The van der Waals surface area contributed by atoms with Gasteiger partial charge in [-0.25, -0.2) is 0 Å². The number of nitrogens with zero attached hydrogens (tertiary/aromatic N) is 2. The third kappa shape index (κ3) is 5.36. The molecular formula is C20H33N3O2. The van der Waals surface area contributed by atoms with Crippen LogP contribution < -0.4 is 10.5 Å². The van der Waals surface area contributed by atoms with Gasteiger partial charge in [-0.15, -0.1) is 0 Å². The summed E-state index contributed by atoms with van der Waals surface area (Å²) in [6.07, 6.45) is 2.71. The van der Waals surface area contributed by atoms with Crippen LogP contribution >= 0.6 is 0 Å². The fourth-order valence-electron chi connectivity index (χ4n) is 3.44. The number of carbonyl (C=O) groups is 1. The highest BCUT2D eigenvalue weighted by atomic mass is 16.5. The monoisotopic (exact) mass is 347 g/mol. The lowest BCUT2D eigenvalue weighted by Gasteiger charge is -2.33. The predicted octanol–water partition coefficient (Wildman–Crippen LogP) is 3.02. The van der Waals surface area contributed by atoms with Crippen LogP contribution in [-0.4, -0.2) is 55.5 Å². The van der Waals surface area contributed by atoms with Gasteiger partial charge in [0.25, 0.3) is 0 Å². The van der Waals surface area contributed by atoms with E-state index in [1.807, 2.05) is 38.9 Å². The molecule has 0 bridgehead atoms. The van der Waals surface area contributed by atoms with Gasteiger partial charge in [-0.05, 0) is 76.9 Å². The molecule has 5 nitrogen and oxygen atoms in total. The number of aryl methyl sites for hydroxylation is 1. The second-order valence-electron chi connectivity index (χ2n) is 7.62. The summed E-state index contributed by atoms with van der Waals surface area (Å²) in [5.74, 6) is 1.51.